The Kier molecular flexibility index (Phi) is 4.91. The van der Waals surface area contributed by atoms with Gasteiger partial charge < -0.3 is 10.2 Å². The fourth-order valence-electron chi connectivity index (χ4n) is 2.65. The third-order valence-electron chi connectivity index (χ3n) is 3.62. The normalized spacial score (nSPS) is 16.3. The Bertz CT molecular complexity index is 427. The molecular weight excluding hydrogens is 238 g/mol. The van der Waals surface area contributed by atoms with E-state index in [0.717, 1.165) is 50.2 Å². The zero-order chi connectivity index (χ0) is 13.7. The van der Waals surface area contributed by atoms with E-state index in [9.17, 15) is 4.79 Å². The van der Waals surface area contributed by atoms with E-state index in [1.807, 2.05) is 19.1 Å². The molecule has 4 nitrogen and oxygen atoms in total. The minimum absolute atomic E-state index is 0.152. The maximum absolute atomic E-state index is 12.7. The second-order valence-electron chi connectivity index (χ2n) is 5.17. The monoisotopic (exact) mass is 261 g/mol. The summed E-state index contributed by atoms with van der Waals surface area (Å²) in [6.07, 6.45) is 4.82. The summed E-state index contributed by atoms with van der Waals surface area (Å²) in [5.74, 6) is 0.152. The first-order chi connectivity index (χ1) is 9.22. The molecule has 19 heavy (non-hydrogen) atoms. The van der Waals surface area contributed by atoms with E-state index in [0.29, 0.717) is 6.04 Å². The van der Waals surface area contributed by atoms with Gasteiger partial charge in [0.15, 0.2) is 0 Å². The van der Waals surface area contributed by atoms with Crippen molar-refractivity contribution in [2.24, 2.45) is 0 Å². The third-order valence-corrected chi connectivity index (χ3v) is 3.62. The van der Waals surface area contributed by atoms with Crippen LogP contribution in [0.1, 0.15) is 42.2 Å². The average Bonchev–Trinajstić information content (AvgIpc) is 2.45. The number of hydrogen-bond donors (Lipinski definition) is 1. The van der Waals surface area contributed by atoms with Crippen LogP contribution >= 0.6 is 0 Å². The largest absolute Gasteiger partial charge is 0.336 e. The molecule has 0 unspecified atom stereocenters. The Labute approximate surface area is 115 Å². The van der Waals surface area contributed by atoms with E-state index >= 15 is 0 Å². The lowest BCUT2D eigenvalue weighted by Gasteiger charge is -2.34. The van der Waals surface area contributed by atoms with Gasteiger partial charge in [0.25, 0.3) is 5.91 Å². The lowest BCUT2D eigenvalue weighted by molar-refractivity contribution is 0.0642. The molecule has 4 heteroatoms. The number of carbonyl (C=O) groups is 1. The van der Waals surface area contributed by atoms with Gasteiger partial charge >= 0.3 is 0 Å². The highest BCUT2D eigenvalue weighted by Crippen LogP contribution is 2.16. The molecule has 0 bridgehead atoms. The van der Waals surface area contributed by atoms with Gasteiger partial charge in [0.2, 0.25) is 0 Å². The first-order valence-electron chi connectivity index (χ1n) is 7.16. The molecule has 1 aliphatic heterocycles. The highest BCUT2D eigenvalue weighted by Gasteiger charge is 2.25. The topological polar surface area (TPSA) is 45.2 Å². The first-order valence-corrected chi connectivity index (χ1v) is 7.16. The summed E-state index contributed by atoms with van der Waals surface area (Å²) >= 11 is 0. The third kappa shape index (κ3) is 3.53. The van der Waals surface area contributed by atoms with Gasteiger partial charge in [0, 0.05) is 30.0 Å². The minimum atomic E-state index is 0.152. The summed E-state index contributed by atoms with van der Waals surface area (Å²) in [7, 11) is 0. The molecule has 1 N–H and O–H groups in total. The van der Waals surface area contributed by atoms with Crippen molar-refractivity contribution >= 4 is 5.91 Å². The van der Waals surface area contributed by atoms with Crippen LogP contribution in [0.25, 0.3) is 0 Å². The first kappa shape index (κ1) is 14.0. The average molecular weight is 261 g/mol. The summed E-state index contributed by atoms with van der Waals surface area (Å²) in [4.78, 5) is 18.9. The molecule has 2 rings (SSSR count). The van der Waals surface area contributed by atoms with Crippen LogP contribution in [-0.4, -0.2) is 41.5 Å². The minimum Gasteiger partial charge on any atom is -0.336 e. The number of nitrogens with one attached hydrogen (secondary N) is 1. The van der Waals surface area contributed by atoms with Crippen molar-refractivity contribution in [2.75, 3.05) is 19.6 Å². The molecule has 0 aliphatic carbocycles. The van der Waals surface area contributed by atoms with E-state index in [1.165, 1.54) is 0 Å². The molecule has 1 aliphatic rings. The van der Waals surface area contributed by atoms with Gasteiger partial charge in [-0.3, -0.25) is 9.78 Å². The van der Waals surface area contributed by atoms with Gasteiger partial charge in [-0.15, -0.1) is 0 Å². The van der Waals surface area contributed by atoms with Crippen LogP contribution in [0.3, 0.4) is 0 Å². The number of carbonyl (C=O) groups excluding carboxylic acids is 1. The summed E-state index contributed by atoms with van der Waals surface area (Å²) in [5, 5.41) is 3.35. The zero-order valence-electron chi connectivity index (χ0n) is 11.9. The SMILES string of the molecule is CCCN(C(=O)c1ccnc(C)c1)C1CCNCC1. The van der Waals surface area contributed by atoms with Gasteiger partial charge in [-0.2, -0.15) is 0 Å². The van der Waals surface area contributed by atoms with Crippen LogP contribution in [-0.2, 0) is 0 Å². The van der Waals surface area contributed by atoms with Crippen molar-refractivity contribution in [1.29, 1.82) is 0 Å². The number of aromatic nitrogens is 1. The summed E-state index contributed by atoms with van der Waals surface area (Å²) in [6.45, 7) is 6.90. The van der Waals surface area contributed by atoms with Crippen molar-refractivity contribution in [3.8, 4) is 0 Å². The smallest absolute Gasteiger partial charge is 0.254 e. The molecule has 0 atom stereocenters. The standard InChI is InChI=1S/C15H23N3O/c1-3-10-18(14-5-7-16-8-6-14)15(19)13-4-9-17-12(2)11-13/h4,9,11,14,16H,3,5-8,10H2,1-2H3. The molecule has 1 aromatic rings. The fraction of sp³-hybridized carbons (Fsp3) is 0.600. The molecule has 1 fully saturated rings. The van der Waals surface area contributed by atoms with E-state index in [4.69, 9.17) is 0 Å². The molecule has 0 saturated carbocycles. The molecule has 104 valence electrons. The van der Waals surface area contributed by atoms with Crippen molar-refractivity contribution < 1.29 is 4.79 Å². The lowest BCUT2D eigenvalue weighted by Crippen LogP contribution is -2.46. The lowest BCUT2D eigenvalue weighted by atomic mass is 10.0. The second kappa shape index (κ2) is 6.66. The molecular formula is C15H23N3O. The van der Waals surface area contributed by atoms with Gasteiger partial charge in [-0.25, -0.2) is 0 Å². The van der Waals surface area contributed by atoms with E-state index in [2.05, 4.69) is 22.1 Å². The van der Waals surface area contributed by atoms with Crippen molar-refractivity contribution in [1.82, 2.24) is 15.2 Å². The molecule has 0 aromatic carbocycles. The number of piperidine rings is 1. The van der Waals surface area contributed by atoms with Gasteiger partial charge in [-0.1, -0.05) is 6.92 Å². The predicted octanol–water partition coefficient (Wildman–Crippen LogP) is 1.99. The number of amides is 1. The van der Waals surface area contributed by atoms with Gasteiger partial charge in [-0.05, 0) is 51.4 Å². The Hall–Kier alpha value is -1.42. The van der Waals surface area contributed by atoms with Crippen molar-refractivity contribution in [2.45, 2.75) is 39.2 Å². The number of rotatable bonds is 4. The van der Waals surface area contributed by atoms with Crippen molar-refractivity contribution in [3.63, 3.8) is 0 Å². The molecule has 1 aromatic heterocycles. The van der Waals surface area contributed by atoms with Gasteiger partial charge in [0.1, 0.15) is 0 Å². The summed E-state index contributed by atoms with van der Waals surface area (Å²) in [6, 6.07) is 4.08. The molecule has 0 spiro atoms. The molecule has 0 radical (unpaired) electrons. The fourth-order valence-corrected chi connectivity index (χ4v) is 2.65. The highest BCUT2D eigenvalue weighted by molar-refractivity contribution is 5.94. The van der Waals surface area contributed by atoms with Crippen LogP contribution in [0.2, 0.25) is 0 Å². The summed E-state index contributed by atoms with van der Waals surface area (Å²) < 4.78 is 0. The zero-order valence-corrected chi connectivity index (χ0v) is 11.9. The molecule has 1 amide bonds. The predicted molar refractivity (Wildman–Crippen MR) is 76.2 cm³/mol. The second-order valence-corrected chi connectivity index (χ2v) is 5.17. The van der Waals surface area contributed by atoms with Crippen LogP contribution in [0.5, 0.6) is 0 Å². The Balaban J connectivity index is 2.15. The highest BCUT2D eigenvalue weighted by atomic mass is 16.2. The molecule has 1 saturated heterocycles. The van der Waals surface area contributed by atoms with E-state index in [-0.39, 0.29) is 5.91 Å². The maximum Gasteiger partial charge on any atom is 0.254 e. The van der Waals surface area contributed by atoms with Crippen LogP contribution in [0, 0.1) is 6.92 Å². The Morgan fingerprint density at radius 3 is 2.84 bits per heavy atom. The van der Waals surface area contributed by atoms with Crippen LogP contribution < -0.4 is 5.32 Å². The quantitative estimate of drug-likeness (QED) is 0.901. The van der Waals surface area contributed by atoms with E-state index in [1.54, 1.807) is 6.20 Å². The van der Waals surface area contributed by atoms with Crippen LogP contribution in [0.15, 0.2) is 18.3 Å². The number of pyridine rings is 1. The number of nitrogens with zero attached hydrogens (tertiary/aromatic N) is 2. The van der Waals surface area contributed by atoms with Crippen molar-refractivity contribution in [3.05, 3.63) is 29.6 Å². The van der Waals surface area contributed by atoms with E-state index < -0.39 is 0 Å². The van der Waals surface area contributed by atoms with Crippen LogP contribution in [0.4, 0.5) is 0 Å². The maximum atomic E-state index is 12.7. The Morgan fingerprint density at radius 1 is 1.47 bits per heavy atom. The summed E-state index contributed by atoms with van der Waals surface area (Å²) in [5.41, 5.74) is 1.66. The molecule has 2 heterocycles. The number of aryl methyl sites for hydroxylation is 1. The number of hydrogen-bond acceptors (Lipinski definition) is 3. The van der Waals surface area contributed by atoms with Gasteiger partial charge in [0.05, 0.1) is 0 Å². The Morgan fingerprint density at radius 2 is 2.21 bits per heavy atom.